The molecule has 1 aromatic carbocycles. The molecular weight excluding hydrogens is 320 g/mol. The van der Waals surface area contributed by atoms with E-state index >= 15 is 0 Å². The molecule has 3 N–H and O–H groups in total. The van der Waals surface area contributed by atoms with Gasteiger partial charge < -0.3 is 20.3 Å². The van der Waals surface area contributed by atoms with E-state index < -0.39 is 5.60 Å². The highest BCUT2D eigenvalue weighted by molar-refractivity contribution is 5.76. The molecule has 25 heavy (non-hydrogen) atoms. The Labute approximate surface area is 148 Å². The molecule has 1 amide bonds. The molecule has 1 aliphatic carbocycles. The average Bonchev–Trinajstić information content (AvgIpc) is 2.61. The summed E-state index contributed by atoms with van der Waals surface area (Å²) in [6, 6.07) is 5.65. The number of fused-ring (bicyclic) bond motifs is 1. The van der Waals surface area contributed by atoms with Gasteiger partial charge in [-0.25, -0.2) is 0 Å². The van der Waals surface area contributed by atoms with Crippen LogP contribution in [0.25, 0.3) is 0 Å². The van der Waals surface area contributed by atoms with Gasteiger partial charge in [-0.1, -0.05) is 18.9 Å². The van der Waals surface area contributed by atoms with Gasteiger partial charge in [0.1, 0.15) is 11.5 Å². The smallest absolute Gasteiger partial charge is 0.231 e. The fraction of sp³-hybridized carbons (Fsp3) is 0.632. The van der Waals surface area contributed by atoms with E-state index in [1.54, 1.807) is 14.2 Å². The molecule has 2 aliphatic rings. The fourth-order valence-electron chi connectivity index (χ4n) is 4.60. The zero-order valence-electron chi connectivity index (χ0n) is 15.0. The second-order valence-electron chi connectivity index (χ2n) is 7.20. The fourth-order valence-corrected chi connectivity index (χ4v) is 4.60. The van der Waals surface area contributed by atoms with E-state index in [9.17, 15) is 9.90 Å². The van der Waals surface area contributed by atoms with Crippen LogP contribution in [0.2, 0.25) is 0 Å². The minimum Gasteiger partial charge on any atom is -0.497 e. The van der Waals surface area contributed by atoms with Gasteiger partial charge in [0.2, 0.25) is 5.91 Å². The minimum atomic E-state index is -0.679. The summed E-state index contributed by atoms with van der Waals surface area (Å²) in [5.74, 6) is 1.15. The lowest BCUT2D eigenvalue weighted by Crippen LogP contribution is -2.56. The van der Waals surface area contributed by atoms with Crippen molar-refractivity contribution in [3.8, 4) is 11.5 Å². The Morgan fingerprint density at radius 3 is 2.80 bits per heavy atom. The summed E-state index contributed by atoms with van der Waals surface area (Å²) in [7, 11) is 3.25. The van der Waals surface area contributed by atoms with Crippen LogP contribution in [0.15, 0.2) is 18.2 Å². The number of benzene rings is 1. The van der Waals surface area contributed by atoms with Gasteiger partial charge in [0, 0.05) is 30.1 Å². The first kappa shape index (κ1) is 18.0. The zero-order chi connectivity index (χ0) is 18.0. The predicted molar refractivity (Wildman–Crippen MR) is 94.6 cm³/mol. The number of amides is 1. The summed E-state index contributed by atoms with van der Waals surface area (Å²) in [4.78, 5) is 13.7. The first-order valence-electron chi connectivity index (χ1n) is 8.95. The minimum absolute atomic E-state index is 0.0663. The lowest BCUT2D eigenvalue weighted by molar-refractivity contribution is -0.136. The van der Waals surface area contributed by atoms with Crippen molar-refractivity contribution in [3.63, 3.8) is 0 Å². The standard InChI is InChI=1S/C19H28N2O4/c1-24-13-6-7-14(16(11-13)25-2)18-15-5-3-4-8-19(15,23)9-10-21(18)12-17(20)22/h6-7,11,15,18,23H,3-5,8-10,12H2,1-2H3,(H2,20,22)/t15-,18-,19-/m1/s1. The summed E-state index contributed by atoms with van der Waals surface area (Å²) < 4.78 is 10.9. The number of piperidine rings is 1. The number of aliphatic hydroxyl groups is 1. The van der Waals surface area contributed by atoms with Gasteiger partial charge in [0.05, 0.1) is 26.4 Å². The molecule has 3 rings (SSSR count). The lowest BCUT2D eigenvalue weighted by Gasteiger charge is -2.52. The number of hydrogen-bond donors (Lipinski definition) is 2. The number of carbonyl (C=O) groups is 1. The molecule has 1 aliphatic heterocycles. The number of carbonyl (C=O) groups excluding carboxylic acids is 1. The highest BCUT2D eigenvalue weighted by atomic mass is 16.5. The van der Waals surface area contributed by atoms with Crippen LogP contribution in [0.3, 0.4) is 0 Å². The van der Waals surface area contributed by atoms with E-state index in [-0.39, 0.29) is 24.4 Å². The van der Waals surface area contributed by atoms with Crippen LogP contribution in [-0.2, 0) is 4.79 Å². The molecular formula is C19H28N2O4. The van der Waals surface area contributed by atoms with E-state index in [1.807, 2.05) is 18.2 Å². The first-order valence-corrected chi connectivity index (χ1v) is 8.95. The van der Waals surface area contributed by atoms with E-state index in [0.717, 1.165) is 37.0 Å². The van der Waals surface area contributed by atoms with Crippen LogP contribution in [0, 0.1) is 5.92 Å². The van der Waals surface area contributed by atoms with Crippen molar-refractivity contribution >= 4 is 5.91 Å². The molecule has 3 atom stereocenters. The largest absolute Gasteiger partial charge is 0.497 e. The quantitative estimate of drug-likeness (QED) is 0.848. The molecule has 0 aromatic heterocycles. The number of hydrogen-bond acceptors (Lipinski definition) is 5. The number of nitrogens with zero attached hydrogens (tertiary/aromatic N) is 1. The molecule has 6 nitrogen and oxygen atoms in total. The Hall–Kier alpha value is -1.79. The Balaban J connectivity index is 2.04. The van der Waals surface area contributed by atoms with Crippen molar-refractivity contribution in [2.24, 2.45) is 11.7 Å². The molecule has 1 saturated heterocycles. The van der Waals surface area contributed by atoms with Crippen molar-refractivity contribution < 1.29 is 19.4 Å². The summed E-state index contributed by atoms with van der Waals surface area (Å²) in [6.45, 7) is 0.836. The Morgan fingerprint density at radius 1 is 1.32 bits per heavy atom. The van der Waals surface area contributed by atoms with Crippen LogP contribution in [0.5, 0.6) is 11.5 Å². The number of ether oxygens (including phenoxy) is 2. The number of rotatable bonds is 5. The maximum absolute atomic E-state index is 11.6. The topological polar surface area (TPSA) is 85.0 Å². The molecule has 2 fully saturated rings. The van der Waals surface area contributed by atoms with E-state index in [1.165, 1.54) is 0 Å². The van der Waals surface area contributed by atoms with Crippen LogP contribution >= 0.6 is 0 Å². The van der Waals surface area contributed by atoms with Gasteiger partial charge in [-0.2, -0.15) is 0 Å². The predicted octanol–water partition coefficient (Wildman–Crippen LogP) is 1.86. The van der Waals surface area contributed by atoms with Crippen molar-refractivity contribution in [1.82, 2.24) is 4.90 Å². The number of primary amides is 1. The summed E-state index contributed by atoms with van der Waals surface area (Å²) in [5.41, 5.74) is 5.79. The van der Waals surface area contributed by atoms with Gasteiger partial charge in [0.25, 0.3) is 0 Å². The zero-order valence-corrected chi connectivity index (χ0v) is 15.0. The normalized spacial score (nSPS) is 29.7. The highest BCUT2D eigenvalue weighted by Gasteiger charge is 2.49. The molecule has 0 bridgehead atoms. The van der Waals surface area contributed by atoms with E-state index in [2.05, 4.69) is 4.90 Å². The summed E-state index contributed by atoms with van der Waals surface area (Å²) in [6.07, 6.45) is 4.57. The van der Waals surface area contributed by atoms with Gasteiger partial charge in [-0.3, -0.25) is 9.69 Å². The third kappa shape index (κ3) is 3.46. The Kier molecular flexibility index (Phi) is 5.20. The van der Waals surface area contributed by atoms with Gasteiger partial charge >= 0.3 is 0 Å². The molecule has 138 valence electrons. The summed E-state index contributed by atoms with van der Waals surface area (Å²) >= 11 is 0. The molecule has 0 unspecified atom stereocenters. The second kappa shape index (κ2) is 7.22. The van der Waals surface area contributed by atoms with Gasteiger partial charge in [0.15, 0.2) is 0 Å². The molecule has 1 heterocycles. The monoisotopic (exact) mass is 348 g/mol. The van der Waals surface area contributed by atoms with E-state index in [0.29, 0.717) is 18.7 Å². The summed E-state index contributed by atoms with van der Waals surface area (Å²) in [5, 5.41) is 11.2. The van der Waals surface area contributed by atoms with Crippen molar-refractivity contribution in [2.75, 3.05) is 27.3 Å². The van der Waals surface area contributed by atoms with Crippen LogP contribution in [0.1, 0.15) is 43.7 Å². The van der Waals surface area contributed by atoms with Crippen molar-refractivity contribution in [2.45, 2.75) is 43.7 Å². The van der Waals surface area contributed by atoms with Crippen molar-refractivity contribution in [1.29, 1.82) is 0 Å². The Bertz CT molecular complexity index is 636. The van der Waals surface area contributed by atoms with Crippen LogP contribution < -0.4 is 15.2 Å². The van der Waals surface area contributed by atoms with Crippen LogP contribution in [-0.4, -0.2) is 48.8 Å². The van der Waals surface area contributed by atoms with Gasteiger partial charge in [-0.15, -0.1) is 0 Å². The molecule has 1 aromatic rings. The SMILES string of the molecule is COc1ccc([C@@H]2[C@H]3CCCC[C@@]3(O)CCN2CC(N)=O)c(OC)c1. The number of methoxy groups -OCH3 is 2. The third-order valence-electron chi connectivity index (χ3n) is 5.79. The van der Waals surface area contributed by atoms with Crippen LogP contribution in [0.4, 0.5) is 0 Å². The molecule has 0 spiro atoms. The average molecular weight is 348 g/mol. The molecule has 6 heteroatoms. The van der Waals surface area contributed by atoms with Crippen molar-refractivity contribution in [3.05, 3.63) is 23.8 Å². The molecule has 0 radical (unpaired) electrons. The Morgan fingerprint density at radius 2 is 2.12 bits per heavy atom. The number of likely N-dealkylation sites (tertiary alicyclic amines) is 1. The van der Waals surface area contributed by atoms with E-state index in [4.69, 9.17) is 15.2 Å². The maximum atomic E-state index is 11.6. The number of nitrogens with two attached hydrogens (primary N) is 1. The lowest BCUT2D eigenvalue weighted by atomic mass is 9.66. The molecule has 1 saturated carbocycles. The maximum Gasteiger partial charge on any atom is 0.231 e. The third-order valence-corrected chi connectivity index (χ3v) is 5.79. The second-order valence-corrected chi connectivity index (χ2v) is 7.20. The highest BCUT2D eigenvalue weighted by Crippen LogP contribution is 2.51. The van der Waals surface area contributed by atoms with Gasteiger partial charge in [-0.05, 0) is 25.3 Å². The first-order chi connectivity index (χ1) is 12.0.